The summed E-state index contributed by atoms with van der Waals surface area (Å²) in [5.41, 5.74) is 16.0. The number of piperidine rings is 1. The van der Waals surface area contributed by atoms with E-state index in [0.717, 1.165) is 148 Å². The molecule has 0 radical (unpaired) electrons. The van der Waals surface area contributed by atoms with Crippen LogP contribution in [0.2, 0.25) is 5.02 Å². The number of hydrogen-bond donors (Lipinski definition) is 6. The van der Waals surface area contributed by atoms with Gasteiger partial charge in [-0.15, -0.1) is 0 Å². The van der Waals surface area contributed by atoms with Crippen LogP contribution in [0.4, 0.5) is 11.4 Å². The average Bonchev–Trinajstić information content (AvgIpc) is 0.912. The zero-order valence-corrected chi connectivity index (χ0v) is 57.5. The number of rotatable bonds is 15. The van der Waals surface area contributed by atoms with Crippen molar-refractivity contribution in [3.63, 3.8) is 0 Å². The maximum Gasteiger partial charge on any atom is 0.325 e. The van der Waals surface area contributed by atoms with Crippen LogP contribution in [0.15, 0.2) is 205 Å². The van der Waals surface area contributed by atoms with Gasteiger partial charge in [0.15, 0.2) is 0 Å². The number of H-pyrrole nitrogens is 6. The zero-order valence-electron chi connectivity index (χ0n) is 56.7. The van der Waals surface area contributed by atoms with Gasteiger partial charge in [0.25, 0.3) is 22.6 Å². The largest absolute Gasteiger partial charge is 0.371 e. The molecule has 3 atom stereocenters. The zero-order chi connectivity index (χ0) is 68.9. The normalized spacial score (nSPS) is 18.4. The maximum absolute atomic E-state index is 12.7. The SMILES string of the molecule is O=C(c1ccc(C2=CCC(c3[nH]c(=O)[nH]c(=O)c3Cc3ccccc3)CC2)c(Cl)c1)N1CCCC1.O=c1[nH]c(C2CC=C(c3ccccc3N3CCCC3)CC2)c(Cc2ccccc2)c(=O)[nH]1.O=c1[nH]c(C2CC=C(c3ccccc3N3CCCCC3)CC2)c(Cc2ccccc2)c(=O)[nH]1. The van der Waals surface area contributed by atoms with Crippen LogP contribution in [0, 0.1) is 0 Å². The summed E-state index contributed by atoms with van der Waals surface area (Å²) < 4.78 is 0. The van der Waals surface area contributed by atoms with Crippen molar-refractivity contribution < 1.29 is 4.79 Å². The van der Waals surface area contributed by atoms with Crippen molar-refractivity contribution in [1.29, 1.82) is 0 Å². The van der Waals surface area contributed by atoms with Gasteiger partial charge in [-0.25, -0.2) is 14.4 Å². The fraction of sp³-hybridized carbons (Fsp3) is 0.337. The molecule has 3 unspecified atom stereocenters. The number of carbonyl (C=O) groups excluding carboxylic acids is 1. The minimum absolute atomic E-state index is 0.0397. The van der Waals surface area contributed by atoms with Crippen LogP contribution >= 0.6 is 11.6 Å². The first-order valence-electron chi connectivity index (χ1n) is 35.9. The number of aromatic nitrogens is 6. The van der Waals surface area contributed by atoms with Crippen molar-refractivity contribution in [1.82, 2.24) is 34.8 Å². The van der Waals surface area contributed by atoms with E-state index >= 15 is 0 Å². The first kappa shape index (κ1) is 68.5. The monoisotopic (exact) mass is 1360 g/mol. The van der Waals surface area contributed by atoms with E-state index in [9.17, 15) is 33.6 Å². The van der Waals surface area contributed by atoms with E-state index in [1.165, 1.54) is 65.8 Å². The molecule has 6 heterocycles. The summed E-state index contributed by atoms with van der Waals surface area (Å²) in [5, 5.41) is 0.578. The highest BCUT2D eigenvalue weighted by molar-refractivity contribution is 6.32. The number of para-hydroxylation sites is 2. The first-order chi connectivity index (χ1) is 48.9. The van der Waals surface area contributed by atoms with Gasteiger partial charge in [-0.05, 0) is 166 Å². The molecule has 6 aliphatic rings. The molecule has 0 spiro atoms. The molecule has 6 N–H and O–H groups in total. The molecule has 3 saturated heterocycles. The predicted octanol–water partition coefficient (Wildman–Crippen LogP) is 14.5. The Hall–Kier alpha value is -10.1. The molecule has 3 aromatic heterocycles. The molecule has 514 valence electrons. The quantitative estimate of drug-likeness (QED) is 0.0573. The van der Waals surface area contributed by atoms with Gasteiger partial charge in [-0.1, -0.05) is 163 Å². The van der Waals surface area contributed by atoms with Crippen molar-refractivity contribution in [3.05, 3.63) is 316 Å². The summed E-state index contributed by atoms with van der Waals surface area (Å²) in [7, 11) is 0. The maximum atomic E-state index is 12.7. The number of nitrogens with one attached hydrogen (secondary N) is 6. The molecule has 16 nitrogen and oxygen atoms in total. The Morgan fingerprint density at radius 3 is 1.08 bits per heavy atom. The van der Waals surface area contributed by atoms with E-state index in [0.29, 0.717) is 53.0 Å². The molecule has 17 heteroatoms. The van der Waals surface area contributed by atoms with E-state index < -0.39 is 17.1 Å². The predicted molar refractivity (Wildman–Crippen MR) is 401 cm³/mol. The lowest BCUT2D eigenvalue weighted by Crippen LogP contribution is -2.30. The minimum atomic E-state index is -0.474. The van der Waals surface area contributed by atoms with Gasteiger partial charge in [0, 0.05) is 143 Å². The highest BCUT2D eigenvalue weighted by Crippen LogP contribution is 2.43. The second-order valence-corrected chi connectivity index (χ2v) is 27.9. The number of carbonyl (C=O) groups is 1. The van der Waals surface area contributed by atoms with E-state index in [-0.39, 0.29) is 40.3 Å². The van der Waals surface area contributed by atoms with Gasteiger partial charge in [0.2, 0.25) is 0 Å². The minimum Gasteiger partial charge on any atom is -0.371 e. The number of hydrogen-bond acceptors (Lipinski definition) is 9. The number of allylic oxidation sites excluding steroid dienone is 6. The molecule has 1 amide bonds. The fourth-order valence-corrected chi connectivity index (χ4v) is 16.0. The molecule has 3 aliphatic heterocycles. The third kappa shape index (κ3) is 16.5. The van der Waals surface area contributed by atoms with E-state index in [4.69, 9.17) is 11.6 Å². The smallest absolute Gasteiger partial charge is 0.325 e. The number of benzene rings is 6. The number of amides is 1. The second kappa shape index (κ2) is 32.3. The van der Waals surface area contributed by atoms with Crippen molar-refractivity contribution in [2.24, 2.45) is 0 Å². The van der Waals surface area contributed by atoms with Crippen LogP contribution in [0.25, 0.3) is 16.7 Å². The molecule has 9 aromatic rings. The van der Waals surface area contributed by atoms with Gasteiger partial charge in [-0.3, -0.25) is 34.1 Å². The summed E-state index contributed by atoms with van der Waals surface area (Å²) in [6.45, 7) is 6.13. The lowest BCUT2D eigenvalue weighted by molar-refractivity contribution is 0.0792. The van der Waals surface area contributed by atoms with Crippen molar-refractivity contribution in [3.8, 4) is 0 Å². The lowest BCUT2D eigenvalue weighted by atomic mass is 9.82. The summed E-state index contributed by atoms with van der Waals surface area (Å²) in [5.74, 6) is 0.371. The van der Waals surface area contributed by atoms with Crippen LogP contribution in [0.1, 0.15) is 198 Å². The summed E-state index contributed by atoms with van der Waals surface area (Å²) >= 11 is 6.62. The van der Waals surface area contributed by atoms with Crippen LogP contribution in [-0.2, 0) is 19.3 Å². The van der Waals surface area contributed by atoms with Gasteiger partial charge in [-0.2, -0.15) is 0 Å². The molecule has 0 saturated carbocycles. The topological polar surface area (TPSA) is 224 Å². The van der Waals surface area contributed by atoms with E-state index in [1.54, 1.807) is 6.07 Å². The molecule has 0 bridgehead atoms. The number of halogens is 1. The van der Waals surface area contributed by atoms with Crippen molar-refractivity contribution in [2.45, 2.75) is 140 Å². The first-order valence-corrected chi connectivity index (χ1v) is 36.3. The van der Waals surface area contributed by atoms with E-state index in [2.05, 4.69) is 106 Å². The average molecular weight is 1360 g/mol. The van der Waals surface area contributed by atoms with Crippen LogP contribution in [0.3, 0.4) is 0 Å². The molecule has 15 rings (SSSR count). The van der Waals surface area contributed by atoms with E-state index in [1.807, 2.05) is 108 Å². The fourth-order valence-electron chi connectivity index (χ4n) is 15.7. The Morgan fingerprint density at radius 1 is 0.380 bits per heavy atom. The van der Waals surface area contributed by atoms with Crippen LogP contribution < -0.4 is 43.5 Å². The lowest BCUT2D eigenvalue weighted by Gasteiger charge is -2.32. The standard InChI is InChI=1S/C28H28ClN3O3.C28H31N3O2.C27H29N3O2/c29-24-17-21(27(34)32-14-4-5-15-32)12-13-22(24)19-8-10-20(11-9-19)25-23(26(33)31-28(35)30-25)16-18-6-2-1-3-7-18;32-27-24(19-20-9-3-1-4-10-20)26(29-28(33)30-27)22-15-13-21(14-16-22)23-11-5-6-12-25(23)31-17-7-2-8-18-31;31-26-23(18-19-8-2-1-3-9-19)25(28-27(32)29-26)21-14-12-20(13-15-21)22-10-4-5-11-24(22)30-16-6-7-17-30/h1-3,6-8,12-13,17,20H,4-5,9-11,14-16H2,(H2,30,31,33,35);1,3-6,9-13,22H,2,7-8,14-19H2,(H2,29,30,32,33);1-5,8-12,21H,6-7,13-18H2,(H2,28,29,31,32). The van der Waals surface area contributed by atoms with Gasteiger partial charge in [0.1, 0.15) is 0 Å². The summed E-state index contributed by atoms with van der Waals surface area (Å²) in [6, 6.07) is 52.7. The van der Waals surface area contributed by atoms with Gasteiger partial charge in [0.05, 0.1) is 0 Å². The third-order valence-electron chi connectivity index (χ3n) is 21.0. The molecule has 6 aromatic carbocycles. The van der Waals surface area contributed by atoms with Crippen molar-refractivity contribution >= 4 is 45.6 Å². The number of likely N-dealkylation sites (tertiary alicyclic amines) is 1. The summed E-state index contributed by atoms with van der Waals surface area (Å²) in [6.07, 6.45) is 24.4. The Balaban J connectivity index is 0.000000135. The Morgan fingerprint density at radius 2 is 0.720 bits per heavy atom. The molecule has 3 aliphatic carbocycles. The van der Waals surface area contributed by atoms with Gasteiger partial charge < -0.3 is 29.7 Å². The Kier molecular flexibility index (Phi) is 22.1. The highest BCUT2D eigenvalue weighted by atomic mass is 35.5. The highest BCUT2D eigenvalue weighted by Gasteiger charge is 2.29. The van der Waals surface area contributed by atoms with Gasteiger partial charge >= 0.3 is 17.1 Å². The Labute approximate surface area is 587 Å². The Bertz CT molecular complexity index is 4830. The van der Waals surface area contributed by atoms with Crippen LogP contribution in [0.5, 0.6) is 0 Å². The second-order valence-electron chi connectivity index (χ2n) is 27.5. The number of nitrogens with zero attached hydrogens (tertiary/aromatic N) is 3. The number of aromatic amines is 6. The van der Waals surface area contributed by atoms with Crippen LogP contribution in [-0.4, -0.2) is 80.0 Å². The molecule has 100 heavy (non-hydrogen) atoms. The van der Waals surface area contributed by atoms with Crippen molar-refractivity contribution in [2.75, 3.05) is 49.1 Å². The molecular weight excluding hydrogens is 1270 g/mol. The summed E-state index contributed by atoms with van der Waals surface area (Å²) in [4.78, 5) is 110. The molecular formula is C83H88ClN9O7. The third-order valence-corrected chi connectivity index (χ3v) is 21.3. The number of anilines is 2. The molecule has 3 fully saturated rings.